The van der Waals surface area contributed by atoms with Gasteiger partial charge in [0.2, 0.25) is 10.0 Å². The van der Waals surface area contributed by atoms with Crippen LogP contribution in [0, 0.1) is 0 Å². The second-order valence-corrected chi connectivity index (χ2v) is 6.20. The van der Waals surface area contributed by atoms with Crippen LogP contribution in [0.4, 0.5) is 0 Å². The molecule has 20 heavy (non-hydrogen) atoms. The second-order valence-electron chi connectivity index (χ2n) is 4.46. The third kappa shape index (κ3) is 3.37. The first-order chi connectivity index (χ1) is 9.53. The van der Waals surface area contributed by atoms with E-state index < -0.39 is 10.0 Å². The average molecular weight is 291 g/mol. The highest BCUT2D eigenvalue weighted by molar-refractivity contribution is 7.89. The van der Waals surface area contributed by atoms with E-state index in [0.717, 1.165) is 12.0 Å². The second kappa shape index (κ2) is 6.07. The van der Waals surface area contributed by atoms with Crippen molar-refractivity contribution >= 4 is 10.0 Å². The largest absolute Gasteiger partial charge is 0.507 e. The lowest BCUT2D eigenvalue weighted by atomic mass is 10.1. The van der Waals surface area contributed by atoms with Gasteiger partial charge in [0.05, 0.1) is 0 Å². The van der Waals surface area contributed by atoms with Gasteiger partial charge in [0.1, 0.15) is 10.6 Å². The standard InChI is InChI=1S/C15H17NO3S/c1-2-12-7-9-13(10-8-12)11-16-20(18,19)15-6-4-3-5-14(15)17/h3-10,16-17H,2,11H2,1H3. The van der Waals surface area contributed by atoms with E-state index in [1.165, 1.54) is 17.7 Å². The molecule has 106 valence electrons. The Hall–Kier alpha value is -1.85. The summed E-state index contributed by atoms with van der Waals surface area (Å²) in [6, 6.07) is 13.6. The minimum Gasteiger partial charge on any atom is -0.507 e. The van der Waals surface area contributed by atoms with E-state index in [1.807, 2.05) is 24.3 Å². The Balaban J connectivity index is 2.11. The van der Waals surface area contributed by atoms with Gasteiger partial charge in [-0.25, -0.2) is 13.1 Å². The first-order valence-electron chi connectivity index (χ1n) is 6.38. The van der Waals surface area contributed by atoms with Gasteiger partial charge in [0.25, 0.3) is 0 Å². The van der Waals surface area contributed by atoms with Crippen LogP contribution in [0.1, 0.15) is 18.1 Å². The van der Waals surface area contributed by atoms with Gasteiger partial charge in [-0.05, 0) is 29.7 Å². The third-order valence-electron chi connectivity index (χ3n) is 3.05. The van der Waals surface area contributed by atoms with Crippen LogP contribution < -0.4 is 4.72 Å². The van der Waals surface area contributed by atoms with Crippen LogP contribution in [-0.2, 0) is 23.0 Å². The van der Waals surface area contributed by atoms with Crippen LogP contribution in [0.2, 0.25) is 0 Å². The number of benzene rings is 2. The number of nitrogens with one attached hydrogen (secondary N) is 1. The van der Waals surface area contributed by atoms with E-state index in [9.17, 15) is 13.5 Å². The van der Waals surface area contributed by atoms with Crippen LogP contribution in [0.25, 0.3) is 0 Å². The van der Waals surface area contributed by atoms with Crippen molar-refractivity contribution in [2.24, 2.45) is 0 Å². The molecule has 0 unspecified atom stereocenters. The lowest BCUT2D eigenvalue weighted by Gasteiger charge is -2.08. The smallest absolute Gasteiger partial charge is 0.244 e. The average Bonchev–Trinajstić information content (AvgIpc) is 2.46. The topological polar surface area (TPSA) is 66.4 Å². The summed E-state index contributed by atoms with van der Waals surface area (Å²) in [6.45, 7) is 2.26. The number of aryl methyl sites for hydroxylation is 1. The molecule has 2 N–H and O–H groups in total. The molecule has 0 aliphatic carbocycles. The highest BCUT2D eigenvalue weighted by Crippen LogP contribution is 2.21. The summed E-state index contributed by atoms with van der Waals surface area (Å²) < 4.78 is 26.6. The minimum absolute atomic E-state index is 0.106. The zero-order valence-corrected chi connectivity index (χ0v) is 12.0. The molecule has 0 spiro atoms. The van der Waals surface area contributed by atoms with Gasteiger partial charge >= 0.3 is 0 Å². The van der Waals surface area contributed by atoms with Crippen LogP contribution in [0.3, 0.4) is 0 Å². The SMILES string of the molecule is CCc1ccc(CNS(=O)(=O)c2ccccc2O)cc1. The van der Waals surface area contributed by atoms with Crippen LogP contribution in [0.5, 0.6) is 5.75 Å². The fourth-order valence-corrected chi connectivity index (χ4v) is 2.95. The Morgan fingerprint density at radius 1 is 1.00 bits per heavy atom. The van der Waals surface area contributed by atoms with Gasteiger partial charge in [0, 0.05) is 6.54 Å². The third-order valence-corrected chi connectivity index (χ3v) is 4.50. The van der Waals surface area contributed by atoms with Gasteiger partial charge in [0.15, 0.2) is 0 Å². The minimum atomic E-state index is -3.70. The fraction of sp³-hybridized carbons (Fsp3) is 0.200. The molecule has 0 aliphatic rings. The number of para-hydroxylation sites is 1. The summed E-state index contributed by atoms with van der Waals surface area (Å²) in [7, 11) is -3.70. The zero-order valence-electron chi connectivity index (χ0n) is 11.2. The summed E-state index contributed by atoms with van der Waals surface area (Å²) in [5, 5.41) is 9.59. The van der Waals surface area contributed by atoms with Crippen molar-refractivity contribution in [3.05, 3.63) is 59.7 Å². The maximum Gasteiger partial charge on any atom is 0.244 e. The Morgan fingerprint density at radius 3 is 2.20 bits per heavy atom. The van der Waals surface area contributed by atoms with Crippen molar-refractivity contribution in [1.29, 1.82) is 0 Å². The highest BCUT2D eigenvalue weighted by atomic mass is 32.2. The van der Waals surface area contributed by atoms with Gasteiger partial charge < -0.3 is 5.11 Å². The molecule has 2 aromatic carbocycles. The predicted molar refractivity (Wildman–Crippen MR) is 78.0 cm³/mol. The Labute approximate surface area is 119 Å². The number of hydrogen-bond donors (Lipinski definition) is 2. The van der Waals surface area contributed by atoms with Crippen LogP contribution >= 0.6 is 0 Å². The zero-order chi connectivity index (χ0) is 14.6. The quantitative estimate of drug-likeness (QED) is 0.889. The van der Waals surface area contributed by atoms with E-state index in [0.29, 0.717) is 0 Å². The molecule has 0 heterocycles. The molecule has 0 radical (unpaired) electrons. The maximum absolute atomic E-state index is 12.1. The van der Waals surface area contributed by atoms with Gasteiger partial charge in [-0.2, -0.15) is 0 Å². The molecule has 5 heteroatoms. The first-order valence-corrected chi connectivity index (χ1v) is 7.86. The number of aromatic hydroxyl groups is 1. The molecular weight excluding hydrogens is 274 g/mol. The predicted octanol–water partition coefficient (Wildman–Crippen LogP) is 2.43. The molecule has 0 aliphatic heterocycles. The van der Waals surface area contributed by atoms with Crippen LogP contribution in [-0.4, -0.2) is 13.5 Å². The number of sulfonamides is 1. The van der Waals surface area contributed by atoms with E-state index in [-0.39, 0.29) is 17.2 Å². The number of phenolic OH excluding ortho intramolecular Hbond substituents is 1. The number of phenols is 1. The summed E-state index contributed by atoms with van der Waals surface area (Å²) in [5.41, 5.74) is 2.08. The molecule has 0 saturated heterocycles. The fourth-order valence-electron chi connectivity index (χ4n) is 1.83. The highest BCUT2D eigenvalue weighted by Gasteiger charge is 2.17. The van der Waals surface area contributed by atoms with E-state index in [4.69, 9.17) is 0 Å². The number of hydrogen-bond acceptors (Lipinski definition) is 3. The number of rotatable bonds is 5. The van der Waals surface area contributed by atoms with Crippen molar-refractivity contribution in [3.8, 4) is 5.75 Å². The molecule has 0 atom stereocenters. The molecule has 0 amide bonds. The van der Waals surface area contributed by atoms with Crippen molar-refractivity contribution in [3.63, 3.8) is 0 Å². The molecule has 2 rings (SSSR count). The molecule has 0 bridgehead atoms. The van der Waals surface area contributed by atoms with Crippen molar-refractivity contribution in [2.75, 3.05) is 0 Å². The molecule has 2 aromatic rings. The maximum atomic E-state index is 12.1. The Bertz CT molecular complexity index is 679. The Kier molecular flexibility index (Phi) is 4.42. The summed E-state index contributed by atoms with van der Waals surface area (Å²) in [4.78, 5) is -0.106. The molecule has 0 saturated carbocycles. The van der Waals surface area contributed by atoms with Crippen molar-refractivity contribution < 1.29 is 13.5 Å². The molecular formula is C15H17NO3S. The normalized spacial score (nSPS) is 11.4. The van der Waals surface area contributed by atoms with E-state index >= 15 is 0 Å². The summed E-state index contributed by atoms with van der Waals surface area (Å²) >= 11 is 0. The van der Waals surface area contributed by atoms with E-state index in [1.54, 1.807) is 12.1 Å². The van der Waals surface area contributed by atoms with Gasteiger partial charge in [-0.15, -0.1) is 0 Å². The molecule has 0 fully saturated rings. The lowest BCUT2D eigenvalue weighted by Crippen LogP contribution is -2.23. The Morgan fingerprint density at radius 2 is 1.60 bits per heavy atom. The summed E-state index contributed by atoms with van der Waals surface area (Å²) in [6.07, 6.45) is 0.948. The van der Waals surface area contributed by atoms with Gasteiger partial charge in [-0.3, -0.25) is 0 Å². The molecule has 0 aromatic heterocycles. The molecule has 4 nitrogen and oxygen atoms in total. The monoisotopic (exact) mass is 291 g/mol. The van der Waals surface area contributed by atoms with Crippen molar-refractivity contribution in [2.45, 2.75) is 24.8 Å². The lowest BCUT2D eigenvalue weighted by molar-refractivity contribution is 0.458. The summed E-state index contributed by atoms with van der Waals surface area (Å²) in [5.74, 6) is -0.249. The first kappa shape index (κ1) is 14.6. The van der Waals surface area contributed by atoms with Gasteiger partial charge in [-0.1, -0.05) is 43.3 Å². The van der Waals surface area contributed by atoms with Crippen LogP contribution in [0.15, 0.2) is 53.4 Å². The van der Waals surface area contributed by atoms with E-state index in [2.05, 4.69) is 11.6 Å². The van der Waals surface area contributed by atoms with Crippen molar-refractivity contribution in [1.82, 2.24) is 4.72 Å².